The molecule has 2 rings (SSSR count). The number of hydrogen-bond donors (Lipinski definition) is 1. The van der Waals surface area contributed by atoms with Gasteiger partial charge in [0.25, 0.3) is 0 Å². The quantitative estimate of drug-likeness (QED) is 0.542. The Bertz CT molecular complexity index is 1120. The second-order valence-corrected chi connectivity index (χ2v) is 8.94. The molecule has 9 heteroatoms. The molecule has 0 radical (unpaired) electrons. The summed E-state index contributed by atoms with van der Waals surface area (Å²) in [7, 11) is -3.56. The summed E-state index contributed by atoms with van der Waals surface area (Å²) in [4.78, 5) is 2.18. The van der Waals surface area contributed by atoms with Crippen molar-refractivity contribution < 1.29 is 8.42 Å². The summed E-state index contributed by atoms with van der Waals surface area (Å²) in [5, 5.41) is 27.1. The molecule has 0 saturated carbocycles. The van der Waals surface area contributed by atoms with Crippen LogP contribution in [-0.2, 0) is 10.0 Å². The summed E-state index contributed by atoms with van der Waals surface area (Å²) in [5.74, 6) is 0. The third kappa shape index (κ3) is 6.53. The summed E-state index contributed by atoms with van der Waals surface area (Å²) in [6.07, 6.45) is 2.98. The second-order valence-electron chi connectivity index (χ2n) is 7.19. The molecule has 1 N–H and O–H groups in total. The molecular weight excluding hydrogens is 412 g/mol. The van der Waals surface area contributed by atoms with E-state index in [1.165, 1.54) is 0 Å². The maximum atomic E-state index is 11.9. The molecule has 8 nitrogen and oxygen atoms in total. The van der Waals surface area contributed by atoms with Crippen molar-refractivity contribution in [3.8, 4) is 12.1 Å². The number of nitrogens with one attached hydrogen (secondary N) is 1. The Morgan fingerprint density at radius 3 is 2.06 bits per heavy atom. The Labute approximate surface area is 183 Å². The molecule has 0 unspecified atom stereocenters. The van der Waals surface area contributed by atoms with Gasteiger partial charge in [0.2, 0.25) is 10.0 Å². The van der Waals surface area contributed by atoms with Crippen molar-refractivity contribution in [1.29, 1.82) is 10.5 Å². The van der Waals surface area contributed by atoms with Gasteiger partial charge in [0, 0.05) is 18.8 Å². The fourth-order valence-electron chi connectivity index (χ4n) is 3.16. The molecule has 0 saturated heterocycles. The van der Waals surface area contributed by atoms with Gasteiger partial charge in [0.05, 0.1) is 23.1 Å². The van der Waals surface area contributed by atoms with Crippen LogP contribution in [0.5, 0.6) is 0 Å². The lowest BCUT2D eigenvalue weighted by molar-refractivity contribution is 0.607. The van der Waals surface area contributed by atoms with Crippen molar-refractivity contribution in [3.05, 3.63) is 47.0 Å². The molecule has 0 fully saturated rings. The molecule has 0 heterocycles. The Morgan fingerprint density at radius 1 is 1.00 bits per heavy atom. The van der Waals surface area contributed by atoms with Gasteiger partial charge in [0.1, 0.15) is 23.5 Å². The average Bonchev–Trinajstić information content (AvgIpc) is 2.71. The third-order valence-electron chi connectivity index (χ3n) is 4.38. The van der Waals surface area contributed by atoms with Crippen LogP contribution in [0.4, 0.5) is 22.7 Å². The zero-order chi connectivity index (χ0) is 23.0. The number of nitrogens with zero attached hydrogens (tertiary/aromatic N) is 5. The van der Waals surface area contributed by atoms with E-state index in [9.17, 15) is 18.9 Å². The lowest BCUT2D eigenvalue weighted by atomic mass is 10.1. The molecule has 0 aliphatic rings. The van der Waals surface area contributed by atoms with Gasteiger partial charge in [-0.25, -0.2) is 8.42 Å². The maximum Gasteiger partial charge on any atom is 0.229 e. The zero-order valence-electron chi connectivity index (χ0n) is 18.2. The van der Waals surface area contributed by atoms with Gasteiger partial charge >= 0.3 is 0 Å². The van der Waals surface area contributed by atoms with Crippen LogP contribution >= 0.6 is 0 Å². The first-order valence-corrected chi connectivity index (χ1v) is 11.8. The smallest absolute Gasteiger partial charge is 0.229 e. The Morgan fingerprint density at radius 2 is 1.58 bits per heavy atom. The highest BCUT2D eigenvalue weighted by Crippen LogP contribution is 2.34. The number of rotatable bonds is 9. The van der Waals surface area contributed by atoms with Crippen LogP contribution in [0.25, 0.3) is 0 Å². The molecule has 162 valence electrons. The van der Waals surface area contributed by atoms with Crippen molar-refractivity contribution in [1.82, 2.24) is 0 Å². The van der Waals surface area contributed by atoms with Gasteiger partial charge in [-0.15, -0.1) is 10.2 Å². The Hall–Kier alpha value is -3.43. The lowest BCUT2D eigenvalue weighted by Crippen LogP contribution is -2.25. The number of nitriles is 2. The van der Waals surface area contributed by atoms with Crippen molar-refractivity contribution in [2.24, 2.45) is 10.2 Å². The van der Waals surface area contributed by atoms with E-state index < -0.39 is 10.0 Å². The van der Waals surface area contributed by atoms with E-state index in [1.807, 2.05) is 18.2 Å². The standard InChI is InChI=1S/C22H26N6O2S/c1-5-9-28(10-6-2)19-7-8-20(21(13-19)27-31(4,29)30)25-26-22-17(14-23)11-16(3)12-18(22)15-24/h7-8,11-13,27H,5-6,9-10H2,1-4H3/b26-25+. The third-order valence-corrected chi connectivity index (χ3v) is 4.97. The molecule has 0 atom stereocenters. The van der Waals surface area contributed by atoms with Crippen LogP contribution < -0.4 is 9.62 Å². The minimum atomic E-state index is -3.56. The summed E-state index contributed by atoms with van der Waals surface area (Å²) < 4.78 is 26.3. The number of azo groups is 1. The van der Waals surface area contributed by atoms with Gasteiger partial charge in [-0.1, -0.05) is 13.8 Å². The molecule has 31 heavy (non-hydrogen) atoms. The van der Waals surface area contributed by atoms with Crippen molar-refractivity contribution in [2.75, 3.05) is 29.0 Å². The minimum absolute atomic E-state index is 0.156. The van der Waals surface area contributed by atoms with E-state index >= 15 is 0 Å². The van der Waals surface area contributed by atoms with E-state index in [2.05, 4.69) is 33.7 Å². The molecule has 2 aromatic carbocycles. The first-order valence-electron chi connectivity index (χ1n) is 9.95. The van der Waals surface area contributed by atoms with Crippen molar-refractivity contribution in [2.45, 2.75) is 33.6 Å². The Balaban J connectivity index is 2.56. The number of anilines is 2. The summed E-state index contributed by atoms with van der Waals surface area (Å²) >= 11 is 0. The molecule has 0 aliphatic carbocycles. The predicted molar refractivity (Wildman–Crippen MR) is 122 cm³/mol. The van der Waals surface area contributed by atoms with E-state index in [0.717, 1.165) is 43.4 Å². The van der Waals surface area contributed by atoms with Gasteiger partial charge < -0.3 is 4.90 Å². The highest BCUT2D eigenvalue weighted by atomic mass is 32.2. The van der Waals surface area contributed by atoms with E-state index in [4.69, 9.17) is 0 Å². The number of benzene rings is 2. The SMILES string of the molecule is CCCN(CCC)c1ccc(/N=N/c2c(C#N)cc(C)cc2C#N)c(NS(C)(=O)=O)c1. The number of aryl methyl sites for hydroxylation is 1. The van der Waals surface area contributed by atoms with Gasteiger partial charge in [-0.05, 0) is 55.7 Å². The van der Waals surface area contributed by atoms with Crippen LogP contribution in [0.3, 0.4) is 0 Å². The van der Waals surface area contributed by atoms with Gasteiger partial charge in [-0.2, -0.15) is 10.5 Å². The first-order chi connectivity index (χ1) is 14.7. The molecule has 2 aromatic rings. The van der Waals surface area contributed by atoms with Crippen LogP contribution in [0.2, 0.25) is 0 Å². The molecule has 0 spiro atoms. The van der Waals surface area contributed by atoms with Crippen LogP contribution in [0, 0.1) is 29.6 Å². The fraction of sp³-hybridized carbons (Fsp3) is 0.364. The molecule has 0 aliphatic heterocycles. The first kappa shape index (κ1) is 23.8. The highest BCUT2D eigenvalue weighted by Gasteiger charge is 2.14. The lowest BCUT2D eigenvalue weighted by Gasteiger charge is -2.24. The van der Waals surface area contributed by atoms with Crippen LogP contribution in [0.15, 0.2) is 40.6 Å². The van der Waals surface area contributed by atoms with Gasteiger partial charge in [-0.3, -0.25) is 4.72 Å². The molecule has 0 amide bonds. The minimum Gasteiger partial charge on any atom is -0.371 e. The second kappa shape index (κ2) is 10.6. The Kier molecular flexibility index (Phi) is 8.12. The van der Waals surface area contributed by atoms with Crippen molar-refractivity contribution in [3.63, 3.8) is 0 Å². The topological polar surface area (TPSA) is 122 Å². The van der Waals surface area contributed by atoms with Gasteiger partial charge in [0.15, 0.2) is 0 Å². The van der Waals surface area contributed by atoms with Crippen molar-refractivity contribution >= 4 is 32.8 Å². The molecule has 0 aromatic heterocycles. The largest absolute Gasteiger partial charge is 0.371 e. The zero-order valence-corrected chi connectivity index (χ0v) is 19.0. The predicted octanol–water partition coefficient (Wildman–Crippen LogP) is 5.15. The van der Waals surface area contributed by atoms with Crippen LogP contribution in [-0.4, -0.2) is 27.8 Å². The van der Waals surface area contributed by atoms with E-state index in [-0.39, 0.29) is 28.2 Å². The maximum absolute atomic E-state index is 11.9. The summed E-state index contributed by atoms with van der Waals surface area (Å²) in [6, 6.07) is 12.6. The summed E-state index contributed by atoms with van der Waals surface area (Å²) in [5.41, 5.74) is 2.82. The monoisotopic (exact) mass is 438 g/mol. The normalized spacial score (nSPS) is 11.2. The number of hydrogen-bond acceptors (Lipinski definition) is 7. The van der Waals surface area contributed by atoms with Crippen LogP contribution in [0.1, 0.15) is 43.4 Å². The molecule has 0 bridgehead atoms. The highest BCUT2D eigenvalue weighted by molar-refractivity contribution is 7.92. The fourth-order valence-corrected chi connectivity index (χ4v) is 3.72. The average molecular weight is 439 g/mol. The van der Waals surface area contributed by atoms with E-state index in [1.54, 1.807) is 31.2 Å². The van der Waals surface area contributed by atoms with E-state index in [0.29, 0.717) is 0 Å². The number of sulfonamides is 1. The molecular formula is C22H26N6O2S. The summed E-state index contributed by atoms with van der Waals surface area (Å²) in [6.45, 7) is 7.64.